The summed E-state index contributed by atoms with van der Waals surface area (Å²) in [6, 6.07) is 3.24. The van der Waals surface area contributed by atoms with Crippen molar-refractivity contribution < 1.29 is 50.9 Å². The van der Waals surface area contributed by atoms with Crippen molar-refractivity contribution in [2.75, 3.05) is 51.9 Å². The van der Waals surface area contributed by atoms with E-state index in [2.05, 4.69) is 31.7 Å². The number of halogens is 5. The molecule has 4 rings (SSSR count). The first-order valence-electron chi connectivity index (χ1n) is 15.2. The SMILES string of the molecule is CC(/C(C)=C(/C)N(C)C)=C(/C=O)c1ccc(C)c2c1OCCC2.O=C(O)CNC(=O)c1c(F)cc(N2CCOCC2C(F)(F)F)cc1F. The van der Waals surface area contributed by atoms with Crippen LogP contribution in [0.15, 0.2) is 41.1 Å². The van der Waals surface area contributed by atoms with Crippen LogP contribution in [0.4, 0.5) is 27.6 Å². The van der Waals surface area contributed by atoms with Crippen molar-refractivity contribution in [2.45, 2.75) is 52.8 Å². The fourth-order valence-corrected chi connectivity index (χ4v) is 5.37. The largest absolute Gasteiger partial charge is 0.493 e. The van der Waals surface area contributed by atoms with Gasteiger partial charge in [-0.25, -0.2) is 8.78 Å². The van der Waals surface area contributed by atoms with E-state index < -0.39 is 60.1 Å². The molecule has 0 aromatic heterocycles. The standard InChI is InChI=1S/C20H27NO2.C14H13F5N2O4/c1-13-9-10-18(20-17(13)8-7-11-23-20)19(12-22)15(3)14(2)16(4)21(5)6;15-8-3-7(21-1-2-25-6-10(21)14(17,18)19)4-9(16)12(8)13(24)20-5-11(22)23/h9-10,12H,7-8,11H2,1-6H3;3-4,10H,1-2,5-6H2,(H,20,24)(H,22,23)/b16-14-,19-15+;. The average molecular weight is 682 g/mol. The molecule has 14 heteroatoms. The number of benzene rings is 2. The summed E-state index contributed by atoms with van der Waals surface area (Å²) in [6.07, 6.45) is -1.66. The lowest BCUT2D eigenvalue weighted by Gasteiger charge is -2.38. The number of amides is 1. The summed E-state index contributed by atoms with van der Waals surface area (Å²) in [5, 5.41) is 10.2. The molecule has 2 aliphatic heterocycles. The predicted molar refractivity (Wildman–Crippen MR) is 170 cm³/mol. The molecule has 1 atom stereocenters. The number of morpholine rings is 1. The van der Waals surface area contributed by atoms with Crippen LogP contribution in [0.25, 0.3) is 5.57 Å². The molecule has 0 bridgehead atoms. The number of allylic oxidation sites excluding steroid dienone is 4. The molecule has 48 heavy (non-hydrogen) atoms. The smallest absolute Gasteiger partial charge is 0.411 e. The molecule has 2 aliphatic rings. The maximum Gasteiger partial charge on any atom is 0.411 e. The number of anilines is 1. The van der Waals surface area contributed by atoms with E-state index in [1.54, 1.807) is 5.32 Å². The van der Waals surface area contributed by atoms with Crippen molar-refractivity contribution in [3.63, 3.8) is 0 Å². The van der Waals surface area contributed by atoms with E-state index in [-0.39, 0.29) is 13.2 Å². The zero-order chi connectivity index (χ0) is 35.9. The van der Waals surface area contributed by atoms with Gasteiger partial charge in [-0.1, -0.05) is 12.1 Å². The van der Waals surface area contributed by atoms with Gasteiger partial charge in [0.2, 0.25) is 0 Å². The fourth-order valence-electron chi connectivity index (χ4n) is 5.37. The Morgan fingerprint density at radius 3 is 2.29 bits per heavy atom. The lowest BCUT2D eigenvalue weighted by atomic mass is 9.90. The zero-order valence-corrected chi connectivity index (χ0v) is 27.7. The summed E-state index contributed by atoms with van der Waals surface area (Å²) in [4.78, 5) is 36.7. The molecule has 262 valence electrons. The van der Waals surface area contributed by atoms with Gasteiger partial charge in [0.05, 0.1) is 19.8 Å². The molecular weight excluding hydrogens is 641 g/mol. The number of ether oxygens (including phenoxy) is 2. The highest BCUT2D eigenvalue weighted by molar-refractivity contribution is 6.10. The summed E-state index contributed by atoms with van der Waals surface area (Å²) in [5.41, 5.74) is 5.95. The van der Waals surface area contributed by atoms with Gasteiger partial charge in [0.1, 0.15) is 35.5 Å². The third-order valence-corrected chi connectivity index (χ3v) is 8.39. The number of hydrogen-bond acceptors (Lipinski definition) is 7. The lowest BCUT2D eigenvalue weighted by Crippen LogP contribution is -2.53. The molecule has 1 saturated heterocycles. The first-order valence-corrected chi connectivity index (χ1v) is 15.2. The van der Waals surface area contributed by atoms with Gasteiger partial charge in [-0.3, -0.25) is 14.4 Å². The number of carboxylic acid groups (broad SMARTS) is 1. The molecule has 0 spiro atoms. The van der Waals surface area contributed by atoms with E-state index in [1.165, 1.54) is 11.1 Å². The molecule has 1 amide bonds. The number of aldehydes is 1. The number of hydrogen-bond donors (Lipinski definition) is 2. The van der Waals surface area contributed by atoms with Gasteiger partial charge in [0.25, 0.3) is 5.91 Å². The number of nitrogens with zero attached hydrogens (tertiary/aromatic N) is 2. The molecule has 0 radical (unpaired) electrons. The maximum atomic E-state index is 14.1. The highest BCUT2D eigenvalue weighted by Crippen LogP contribution is 2.37. The van der Waals surface area contributed by atoms with Crippen molar-refractivity contribution in [3.05, 3.63) is 75.0 Å². The van der Waals surface area contributed by atoms with Gasteiger partial charge >= 0.3 is 12.1 Å². The van der Waals surface area contributed by atoms with Crippen molar-refractivity contribution in [1.29, 1.82) is 0 Å². The van der Waals surface area contributed by atoms with Gasteiger partial charge in [-0.2, -0.15) is 13.2 Å². The Balaban J connectivity index is 0.000000261. The first kappa shape index (κ1) is 38.0. The number of carbonyl (C=O) groups is 3. The molecule has 1 unspecified atom stereocenters. The Morgan fingerprint density at radius 2 is 1.73 bits per heavy atom. The van der Waals surface area contributed by atoms with E-state index in [0.29, 0.717) is 12.1 Å². The quantitative estimate of drug-likeness (QED) is 0.158. The fraction of sp³-hybridized carbons (Fsp3) is 0.441. The van der Waals surface area contributed by atoms with Crippen LogP contribution < -0.4 is 15.0 Å². The zero-order valence-electron chi connectivity index (χ0n) is 27.7. The normalized spacial score (nSPS) is 17.1. The highest BCUT2D eigenvalue weighted by Gasteiger charge is 2.45. The van der Waals surface area contributed by atoms with E-state index >= 15 is 0 Å². The van der Waals surface area contributed by atoms with Gasteiger partial charge in [0.15, 0.2) is 6.29 Å². The number of carbonyl (C=O) groups excluding carboxylic acids is 2. The molecule has 0 saturated carbocycles. The van der Waals surface area contributed by atoms with Crippen LogP contribution in [0, 0.1) is 18.6 Å². The van der Waals surface area contributed by atoms with Crippen LogP contribution in [0.3, 0.4) is 0 Å². The van der Waals surface area contributed by atoms with Crippen molar-refractivity contribution in [3.8, 4) is 5.75 Å². The summed E-state index contributed by atoms with van der Waals surface area (Å²) >= 11 is 0. The Bertz CT molecular complexity index is 1580. The van der Waals surface area contributed by atoms with Crippen molar-refractivity contribution >= 4 is 29.4 Å². The van der Waals surface area contributed by atoms with Gasteiger partial charge < -0.3 is 29.7 Å². The number of aliphatic carboxylic acids is 1. The number of rotatable bonds is 8. The molecule has 0 aliphatic carbocycles. The summed E-state index contributed by atoms with van der Waals surface area (Å²) in [7, 11) is 4.03. The maximum absolute atomic E-state index is 14.1. The average Bonchev–Trinajstić information content (AvgIpc) is 3.04. The minimum Gasteiger partial charge on any atom is -0.493 e. The number of nitrogens with one attached hydrogen (secondary N) is 1. The van der Waals surface area contributed by atoms with Gasteiger partial charge in [-0.05, 0) is 74.9 Å². The molecule has 2 aromatic rings. The van der Waals surface area contributed by atoms with Crippen LogP contribution >= 0.6 is 0 Å². The lowest BCUT2D eigenvalue weighted by molar-refractivity contribution is -0.167. The third kappa shape index (κ3) is 8.91. The molecule has 2 heterocycles. The number of fused-ring (bicyclic) bond motifs is 1. The van der Waals surface area contributed by atoms with Crippen LogP contribution in [-0.2, 0) is 20.7 Å². The minimum atomic E-state index is -4.68. The summed E-state index contributed by atoms with van der Waals surface area (Å²) in [6.45, 7) is 7.13. The third-order valence-electron chi connectivity index (χ3n) is 8.39. The van der Waals surface area contributed by atoms with Crippen molar-refractivity contribution in [2.24, 2.45) is 0 Å². The monoisotopic (exact) mass is 681 g/mol. The molecule has 9 nitrogen and oxygen atoms in total. The second-order valence-electron chi connectivity index (χ2n) is 11.6. The van der Waals surface area contributed by atoms with Crippen LogP contribution in [-0.4, -0.2) is 87.4 Å². The molecule has 2 aromatic carbocycles. The topological polar surface area (TPSA) is 108 Å². The number of aryl methyl sites for hydroxylation is 1. The summed E-state index contributed by atoms with van der Waals surface area (Å²) in [5.74, 6) is -4.64. The van der Waals surface area contributed by atoms with E-state index in [4.69, 9.17) is 14.6 Å². The predicted octanol–water partition coefficient (Wildman–Crippen LogP) is 5.69. The Morgan fingerprint density at radius 1 is 1.08 bits per heavy atom. The van der Waals surface area contributed by atoms with Gasteiger partial charge in [-0.15, -0.1) is 0 Å². The first-order chi connectivity index (χ1) is 22.5. The van der Waals surface area contributed by atoms with Gasteiger partial charge in [0, 0.05) is 43.2 Å². The second kappa shape index (κ2) is 16.1. The van der Waals surface area contributed by atoms with Crippen LogP contribution in [0.5, 0.6) is 5.75 Å². The van der Waals surface area contributed by atoms with Crippen molar-refractivity contribution in [1.82, 2.24) is 10.2 Å². The number of alkyl halides is 3. The molecule has 1 fully saturated rings. The minimum absolute atomic E-state index is 0.0589. The Kier molecular flexibility index (Phi) is 12.7. The summed E-state index contributed by atoms with van der Waals surface area (Å²) < 4.78 is 78.0. The molecule has 2 N–H and O–H groups in total. The second-order valence-corrected chi connectivity index (χ2v) is 11.6. The highest BCUT2D eigenvalue weighted by atomic mass is 19.4. The van der Waals surface area contributed by atoms with Crippen LogP contribution in [0.2, 0.25) is 0 Å². The van der Waals surface area contributed by atoms with E-state index in [1.807, 2.05) is 27.1 Å². The van der Waals surface area contributed by atoms with E-state index in [0.717, 1.165) is 64.4 Å². The Labute approximate surface area is 276 Å². The molecular formula is C34H40F5N3O6. The van der Waals surface area contributed by atoms with E-state index in [9.17, 15) is 36.3 Å². The number of carboxylic acids is 1. The van der Waals surface area contributed by atoms with Crippen LogP contribution in [0.1, 0.15) is 54.2 Å². The Hall–Kier alpha value is -4.46.